The maximum Gasteiger partial charge on any atom is 0.212 e. The van der Waals surface area contributed by atoms with Crippen molar-refractivity contribution < 1.29 is 4.57 Å². The third-order valence-electron chi connectivity index (χ3n) is 5.57. The third-order valence-corrected chi connectivity index (χ3v) is 7.60. The maximum atomic E-state index is 2.53. The normalized spacial score (nSPS) is 15.9. The fourth-order valence-corrected chi connectivity index (χ4v) is 5.96. The van der Waals surface area contributed by atoms with Gasteiger partial charge in [-0.05, 0) is 49.8 Å². The number of rotatable bonds is 3. The van der Waals surface area contributed by atoms with Crippen LogP contribution in [0.2, 0.25) is 19.6 Å². The molecule has 0 aliphatic heterocycles. The van der Waals surface area contributed by atoms with Gasteiger partial charge in [0.25, 0.3) is 0 Å². The Hall–Kier alpha value is -1.41. The van der Waals surface area contributed by atoms with Gasteiger partial charge in [0.1, 0.15) is 7.05 Å². The highest BCUT2D eigenvalue weighted by atomic mass is 28.3. The van der Waals surface area contributed by atoms with Gasteiger partial charge in [0.2, 0.25) is 5.69 Å². The van der Waals surface area contributed by atoms with Crippen LogP contribution in [0.5, 0.6) is 0 Å². The number of hydrogen-bond acceptors (Lipinski definition) is 0. The van der Waals surface area contributed by atoms with Crippen LogP contribution in [0.4, 0.5) is 0 Å². The van der Waals surface area contributed by atoms with E-state index in [2.05, 4.69) is 75.6 Å². The standard InChI is InChI=1S/C22H32NSi/c1-16-11-12-19(17(2)13-16)21-14-20(18-9-7-8-10-18)22(15-23(21)3)24(4,5)6/h11-15,18H,7-10H2,1-6H3/q+1. The largest absolute Gasteiger partial charge is 0.212 e. The van der Waals surface area contributed by atoms with Crippen LogP contribution in [-0.2, 0) is 7.05 Å². The first-order valence-corrected chi connectivity index (χ1v) is 12.9. The molecule has 0 radical (unpaired) electrons. The second-order valence-electron chi connectivity index (χ2n) is 8.69. The molecule has 2 aromatic rings. The molecule has 0 atom stereocenters. The molecule has 1 aliphatic carbocycles. The van der Waals surface area contributed by atoms with Gasteiger partial charge in [0.05, 0.1) is 8.07 Å². The minimum Gasteiger partial charge on any atom is -0.201 e. The number of aromatic nitrogens is 1. The van der Waals surface area contributed by atoms with E-state index in [4.69, 9.17) is 0 Å². The van der Waals surface area contributed by atoms with Gasteiger partial charge in [-0.15, -0.1) is 0 Å². The van der Waals surface area contributed by atoms with Crippen molar-refractivity contribution in [3.8, 4) is 11.3 Å². The lowest BCUT2D eigenvalue weighted by atomic mass is 9.95. The minimum atomic E-state index is -1.34. The number of pyridine rings is 1. The highest BCUT2D eigenvalue weighted by Gasteiger charge is 2.30. The second-order valence-corrected chi connectivity index (χ2v) is 13.7. The lowest BCUT2D eigenvalue weighted by Gasteiger charge is -2.23. The van der Waals surface area contributed by atoms with Crippen LogP contribution < -0.4 is 9.75 Å². The number of aryl methyl sites for hydroxylation is 3. The first kappa shape index (κ1) is 17.4. The molecule has 24 heavy (non-hydrogen) atoms. The van der Waals surface area contributed by atoms with Crippen LogP contribution >= 0.6 is 0 Å². The molecule has 1 aromatic heterocycles. The molecule has 1 saturated carbocycles. The van der Waals surface area contributed by atoms with Crippen LogP contribution in [-0.4, -0.2) is 8.07 Å². The summed E-state index contributed by atoms with van der Waals surface area (Å²) in [5.74, 6) is 0.775. The monoisotopic (exact) mass is 338 g/mol. The van der Waals surface area contributed by atoms with Crippen molar-refractivity contribution in [3.63, 3.8) is 0 Å². The first-order valence-electron chi connectivity index (χ1n) is 9.39. The van der Waals surface area contributed by atoms with Crippen molar-refractivity contribution in [2.45, 2.75) is 65.1 Å². The Labute approximate surface area is 148 Å². The van der Waals surface area contributed by atoms with Crippen LogP contribution in [0.15, 0.2) is 30.5 Å². The van der Waals surface area contributed by atoms with E-state index in [1.54, 1.807) is 10.8 Å². The Kier molecular flexibility index (Phi) is 4.70. The molecule has 0 saturated heterocycles. The van der Waals surface area contributed by atoms with Gasteiger partial charge in [-0.2, -0.15) is 0 Å². The predicted octanol–water partition coefficient (Wildman–Crippen LogP) is 5.00. The molecule has 0 bridgehead atoms. The van der Waals surface area contributed by atoms with Gasteiger partial charge in [0.15, 0.2) is 6.20 Å². The summed E-state index contributed by atoms with van der Waals surface area (Å²) >= 11 is 0. The van der Waals surface area contributed by atoms with Crippen molar-refractivity contribution >= 4 is 13.3 Å². The molecule has 128 valence electrons. The number of nitrogens with zero attached hydrogens (tertiary/aromatic N) is 1. The van der Waals surface area contributed by atoms with E-state index in [1.807, 2.05) is 0 Å². The van der Waals surface area contributed by atoms with Gasteiger partial charge in [0, 0.05) is 16.8 Å². The Morgan fingerprint density at radius 3 is 2.25 bits per heavy atom. The molecule has 1 nitrogen and oxygen atoms in total. The van der Waals surface area contributed by atoms with E-state index in [1.165, 1.54) is 48.1 Å². The van der Waals surface area contributed by atoms with E-state index < -0.39 is 8.07 Å². The molecule has 1 aliphatic rings. The summed E-state index contributed by atoms with van der Waals surface area (Å²) in [6.07, 6.45) is 8.00. The first-order chi connectivity index (χ1) is 11.3. The summed E-state index contributed by atoms with van der Waals surface area (Å²) < 4.78 is 2.36. The summed E-state index contributed by atoms with van der Waals surface area (Å²) in [7, 11) is 0.875. The van der Waals surface area contributed by atoms with Gasteiger partial charge in [-0.3, -0.25) is 0 Å². The molecule has 1 fully saturated rings. The lowest BCUT2D eigenvalue weighted by Crippen LogP contribution is -2.47. The zero-order chi connectivity index (χ0) is 17.5. The van der Waals surface area contributed by atoms with Gasteiger partial charge < -0.3 is 0 Å². The summed E-state index contributed by atoms with van der Waals surface area (Å²) in [6, 6.07) is 9.37. The minimum absolute atomic E-state index is 0.775. The summed E-state index contributed by atoms with van der Waals surface area (Å²) in [5.41, 5.74) is 7.12. The van der Waals surface area contributed by atoms with Crippen LogP contribution in [0, 0.1) is 13.8 Å². The van der Waals surface area contributed by atoms with E-state index in [9.17, 15) is 0 Å². The van der Waals surface area contributed by atoms with Crippen molar-refractivity contribution in [3.05, 3.63) is 47.2 Å². The van der Waals surface area contributed by atoms with Crippen molar-refractivity contribution in [1.82, 2.24) is 0 Å². The summed E-state index contributed by atoms with van der Waals surface area (Å²) in [4.78, 5) is 0. The fourth-order valence-electron chi connectivity index (χ4n) is 4.23. The molecule has 1 aromatic carbocycles. The van der Waals surface area contributed by atoms with Crippen LogP contribution in [0.3, 0.4) is 0 Å². The highest BCUT2D eigenvalue weighted by Crippen LogP contribution is 2.35. The molecule has 0 amide bonds. The Bertz CT molecular complexity index is 749. The fraction of sp³-hybridized carbons (Fsp3) is 0.500. The van der Waals surface area contributed by atoms with Crippen LogP contribution in [0.25, 0.3) is 11.3 Å². The highest BCUT2D eigenvalue weighted by molar-refractivity contribution is 6.89. The molecule has 0 spiro atoms. The molecular weight excluding hydrogens is 306 g/mol. The molecule has 0 unspecified atom stereocenters. The molecule has 2 heteroatoms. The Morgan fingerprint density at radius 2 is 1.67 bits per heavy atom. The average molecular weight is 339 g/mol. The zero-order valence-electron chi connectivity index (χ0n) is 16.2. The van der Waals surface area contributed by atoms with Crippen molar-refractivity contribution in [2.24, 2.45) is 7.05 Å². The van der Waals surface area contributed by atoms with Gasteiger partial charge >= 0.3 is 0 Å². The molecule has 3 rings (SSSR count). The van der Waals surface area contributed by atoms with Crippen molar-refractivity contribution in [1.29, 1.82) is 0 Å². The maximum absolute atomic E-state index is 2.53. The number of hydrogen-bond donors (Lipinski definition) is 0. The SMILES string of the molecule is Cc1ccc(-c2cc(C3CCCC3)c([Si](C)(C)C)c[n+]2C)c(C)c1. The lowest BCUT2D eigenvalue weighted by molar-refractivity contribution is -0.659. The van der Waals surface area contributed by atoms with E-state index >= 15 is 0 Å². The Balaban J connectivity index is 2.19. The quantitative estimate of drug-likeness (QED) is 0.548. The predicted molar refractivity (Wildman–Crippen MR) is 107 cm³/mol. The molecular formula is C22H32NSi+. The summed E-state index contributed by atoms with van der Waals surface area (Å²) in [5, 5.41) is 1.66. The van der Waals surface area contributed by atoms with Crippen LogP contribution in [0.1, 0.15) is 48.3 Å². The van der Waals surface area contributed by atoms with Gasteiger partial charge in [-0.25, -0.2) is 4.57 Å². The smallest absolute Gasteiger partial charge is 0.201 e. The second kappa shape index (κ2) is 6.48. The van der Waals surface area contributed by atoms with Gasteiger partial charge in [-0.1, -0.05) is 50.2 Å². The molecule has 0 N–H and O–H groups in total. The zero-order valence-corrected chi connectivity index (χ0v) is 17.2. The van der Waals surface area contributed by atoms with E-state index in [0.29, 0.717) is 0 Å². The number of benzene rings is 1. The van der Waals surface area contributed by atoms with E-state index in [0.717, 1.165) is 5.92 Å². The third kappa shape index (κ3) is 3.35. The van der Waals surface area contributed by atoms with Crippen molar-refractivity contribution in [2.75, 3.05) is 0 Å². The van der Waals surface area contributed by atoms with E-state index in [-0.39, 0.29) is 0 Å². The molecule has 1 heterocycles. The summed E-state index contributed by atoms with van der Waals surface area (Å²) in [6.45, 7) is 11.9. The average Bonchev–Trinajstić information content (AvgIpc) is 3.01. The topological polar surface area (TPSA) is 3.88 Å². The Morgan fingerprint density at radius 1 is 1.00 bits per heavy atom.